The Labute approximate surface area is 152 Å². The number of benzene rings is 2. The maximum absolute atomic E-state index is 12.0. The first kappa shape index (κ1) is 18.7. The van der Waals surface area contributed by atoms with Crippen LogP contribution in [0, 0.1) is 5.92 Å². The number of fused-ring (bicyclic) bond motifs is 1. The molecule has 2 aromatic rings. The maximum atomic E-state index is 12.0. The number of ether oxygens (including phenoxy) is 1. The highest BCUT2D eigenvalue weighted by atomic mass is 79.9. The number of carbonyl (C=O) groups is 3. The molecule has 0 aliphatic heterocycles. The smallest absolute Gasteiger partial charge is 0.440 e. The van der Waals surface area contributed by atoms with Gasteiger partial charge in [-0.1, -0.05) is 36.4 Å². The van der Waals surface area contributed by atoms with E-state index in [0.29, 0.717) is 10.0 Å². The first-order chi connectivity index (χ1) is 11.9. The van der Waals surface area contributed by atoms with Crippen LogP contribution in [0.2, 0.25) is 0 Å². The minimum Gasteiger partial charge on any atom is -0.481 e. The molecule has 0 aliphatic rings. The minimum absolute atomic E-state index is 0.0930. The molecule has 2 rings (SSSR count). The summed E-state index contributed by atoms with van der Waals surface area (Å²) >= 11 is 3.46. The number of amides is 1. The third-order valence-corrected chi connectivity index (χ3v) is 4.40. The van der Waals surface area contributed by atoms with E-state index in [1.54, 1.807) is 18.5 Å². The molecule has 0 bridgehead atoms. The Morgan fingerprint density at radius 1 is 1.20 bits per heavy atom. The lowest BCUT2D eigenvalue weighted by atomic mass is 9.97. The van der Waals surface area contributed by atoms with Crippen LogP contribution in [0.5, 0.6) is 0 Å². The summed E-state index contributed by atoms with van der Waals surface area (Å²) in [6.45, 7) is 1.68. The molecule has 0 aliphatic carbocycles. The lowest BCUT2D eigenvalue weighted by Gasteiger charge is -2.14. The van der Waals surface area contributed by atoms with Crippen molar-refractivity contribution in [2.24, 2.45) is 5.92 Å². The lowest BCUT2D eigenvalue weighted by Crippen LogP contribution is -2.35. The van der Waals surface area contributed by atoms with Crippen LogP contribution in [0.1, 0.15) is 12.5 Å². The van der Waals surface area contributed by atoms with Gasteiger partial charge in [-0.15, -0.1) is 5.48 Å². The monoisotopic (exact) mass is 409 g/mol. The quantitative estimate of drug-likeness (QED) is 0.581. The van der Waals surface area contributed by atoms with Crippen molar-refractivity contribution in [3.05, 3.63) is 46.4 Å². The number of hydroxylamine groups is 1. The van der Waals surface area contributed by atoms with E-state index in [4.69, 9.17) is 0 Å². The number of hydrogen-bond donors (Lipinski definition) is 2. The van der Waals surface area contributed by atoms with Gasteiger partial charge in [0.2, 0.25) is 0 Å². The summed E-state index contributed by atoms with van der Waals surface area (Å²) in [5.41, 5.74) is 2.40. The van der Waals surface area contributed by atoms with E-state index in [-0.39, 0.29) is 13.0 Å². The van der Waals surface area contributed by atoms with Gasteiger partial charge in [-0.05, 0) is 45.6 Å². The van der Waals surface area contributed by atoms with E-state index < -0.39 is 23.9 Å². The van der Waals surface area contributed by atoms with Crippen LogP contribution < -0.4 is 5.48 Å². The zero-order chi connectivity index (χ0) is 18.4. The standard InChI is InChI=1S/C17H16BrNO6/c1-2-24-17(23)19-25-16(22)13(15(20)21)9-11-8-7-10-5-3-4-6-12(10)14(11)18/h3-8,13H,2,9H2,1H3,(H,19,23)(H,20,21). The van der Waals surface area contributed by atoms with Gasteiger partial charge in [0.05, 0.1) is 6.61 Å². The van der Waals surface area contributed by atoms with Gasteiger partial charge in [-0.25, -0.2) is 9.59 Å². The number of hydrogen-bond acceptors (Lipinski definition) is 5. The van der Waals surface area contributed by atoms with Gasteiger partial charge in [0.1, 0.15) is 0 Å². The van der Waals surface area contributed by atoms with Crippen molar-refractivity contribution in [1.29, 1.82) is 0 Å². The second kappa shape index (κ2) is 8.48. The molecule has 0 heterocycles. The zero-order valence-electron chi connectivity index (χ0n) is 13.3. The Morgan fingerprint density at radius 2 is 1.92 bits per heavy atom. The van der Waals surface area contributed by atoms with Crippen molar-refractivity contribution in [2.75, 3.05) is 6.61 Å². The summed E-state index contributed by atoms with van der Waals surface area (Å²) in [6.07, 6.45) is -1.06. The van der Waals surface area contributed by atoms with E-state index >= 15 is 0 Å². The topological polar surface area (TPSA) is 102 Å². The molecule has 0 radical (unpaired) electrons. The number of nitrogens with one attached hydrogen (secondary N) is 1. The molecule has 2 aromatic carbocycles. The summed E-state index contributed by atoms with van der Waals surface area (Å²) in [5, 5.41) is 11.2. The molecule has 25 heavy (non-hydrogen) atoms. The molecule has 132 valence electrons. The molecule has 0 saturated heterocycles. The third kappa shape index (κ3) is 4.69. The van der Waals surface area contributed by atoms with Crippen LogP contribution >= 0.6 is 15.9 Å². The van der Waals surface area contributed by atoms with Gasteiger partial charge in [-0.3, -0.25) is 4.79 Å². The van der Waals surface area contributed by atoms with Gasteiger partial charge in [0.25, 0.3) is 0 Å². The average molecular weight is 410 g/mol. The molecule has 0 spiro atoms. The number of aliphatic carboxylic acids is 1. The summed E-state index contributed by atoms with van der Waals surface area (Å²) < 4.78 is 5.25. The second-order valence-electron chi connectivity index (χ2n) is 5.10. The normalized spacial score (nSPS) is 11.6. The maximum Gasteiger partial charge on any atom is 0.440 e. The van der Waals surface area contributed by atoms with Gasteiger partial charge in [0, 0.05) is 4.47 Å². The van der Waals surface area contributed by atoms with Crippen molar-refractivity contribution < 1.29 is 29.1 Å². The van der Waals surface area contributed by atoms with Crippen molar-refractivity contribution in [1.82, 2.24) is 5.48 Å². The highest BCUT2D eigenvalue weighted by Crippen LogP contribution is 2.29. The fourth-order valence-corrected chi connectivity index (χ4v) is 2.91. The van der Waals surface area contributed by atoms with Crippen LogP contribution in [0.4, 0.5) is 4.79 Å². The second-order valence-corrected chi connectivity index (χ2v) is 5.89. The molecule has 7 nitrogen and oxygen atoms in total. The lowest BCUT2D eigenvalue weighted by molar-refractivity contribution is -0.163. The van der Waals surface area contributed by atoms with Crippen LogP contribution in [0.25, 0.3) is 10.8 Å². The molecule has 1 atom stereocenters. The fraction of sp³-hybridized carbons (Fsp3) is 0.235. The average Bonchev–Trinajstić information content (AvgIpc) is 2.59. The van der Waals surface area contributed by atoms with Crippen molar-refractivity contribution in [2.45, 2.75) is 13.3 Å². The van der Waals surface area contributed by atoms with Crippen molar-refractivity contribution in [3.63, 3.8) is 0 Å². The Balaban J connectivity index is 2.16. The first-order valence-corrected chi connectivity index (χ1v) is 8.25. The summed E-state index contributed by atoms with van der Waals surface area (Å²) in [7, 11) is 0. The highest BCUT2D eigenvalue weighted by Gasteiger charge is 2.30. The van der Waals surface area contributed by atoms with Crippen LogP contribution in [-0.2, 0) is 25.6 Å². The molecule has 0 saturated carbocycles. The summed E-state index contributed by atoms with van der Waals surface area (Å²) in [5.74, 6) is -3.91. The van der Waals surface area contributed by atoms with Crippen LogP contribution in [-0.4, -0.2) is 29.7 Å². The third-order valence-electron chi connectivity index (χ3n) is 3.46. The Morgan fingerprint density at radius 3 is 2.60 bits per heavy atom. The first-order valence-electron chi connectivity index (χ1n) is 7.46. The molecule has 0 aromatic heterocycles. The summed E-state index contributed by atoms with van der Waals surface area (Å²) in [6, 6.07) is 11.2. The number of carboxylic acid groups (broad SMARTS) is 1. The largest absolute Gasteiger partial charge is 0.481 e. The van der Waals surface area contributed by atoms with E-state index in [2.05, 4.69) is 25.5 Å². The Hall–Kier alpha value is -2.61. The Bertz CT molecular complexity index is 807. The molecular formula is C17H16BrNO6. The molecule has 8 heteroatoms. The van der Waals surface area contributed by atoms with Crippen molar-refractivity contribution in [3.8, 4) is 0 Å². The van der Waals surface area contributed by atoms with E-state index in [1.807, 2.05) is 30.3 Å². The van der Waals surface area contributed by atoms with Gasteiger partial charge < -0.3 is 14.7 Å². The van der Waals surface area contributed by atoms with Gasteiger partial charge >= 0.3 is 18.0 Å². The molecule has 1 unspecified atom stereocenters. The van der Waals surface area contributed by atoms with E-state index in [0.717, 1.165) is 10.8 Å². The molecule has 0 fully saturated rings. The number of carbonyl (C=O) groups excluding carboxylic acids is 2. The Kier molecular flexibility index (Phi) is 6.35. The molecule has 1 amide bonds. The molecule has 2 N–H and O–H groups in total. The van der Waals surface area contributed by atoms with Gasteiger partial charge in [-0.2, -0.15) is 0 Å². The molecular weight excluding hydrogens is 394 g/mol. The zero-order valence-corrected chi connectivity index (χ0v) is 14.9. The summed E-state index contributed by atoms with van der Waals surface area (Å²) in [4.78, 5) is 39.1. The number of carboxylic acids is 1. The van der Waals surface area contributed by atoms with Crippen LogP contribution in [0.15, 0.2) is 40.9 Å². The van der Waals surface area contributed by atoms with Crippen LogP contribution in [0.3, 0.4) is 0 Å². The predicted octanol–water partition coefficient (Wildman–Crippen LogP) is 3.05. The fourth-order valence-electron chi connectivity index (χ4n) is 2.25. The minimum atomic E-state index is -1.47. The van der Waals surface area contributed by atoms with E-state index in [9.17, 15) is 19.5 Å². The highest BCUT2D eigenvalue weighted by molar-refractivity contribution is 9.10. The number of rotatable bonds is 5. The van der Waals surface area contributed by atoms with Crippen molar-refractivity contribution >= 4 is 44.7 Å². The predicted molar refractivity (Wildman–Crippen MR) is 92.7 cm³/mol. The van der Waals surface area contributed by atoms with Gasteiger partial charge in [0.15, 0.2) is 5.92 Å². The SMILES string of the molecule is CCOC(=O)NOC(=O)C(Cc1ccc2ccccc2c1Br)C(=O)O. The van der Waals surface area contributed by atoms with E-state index in [1.165, 1.54) is 0 Å². The number of halogens is 1.